The molecule has 0 bridgehead atoms. The number of ether oxygens (including phenoxy) is 1. The minimum absolute atomic E-state index is 0.101. The van der Waals surface area contributed by atoms with Crippen molar-refractivity contribution in [3.05, 3.63) is 51.4 Å². The van der Waals surface area contributed by atoms with Crippen LogP contribution in [-0.2, 0) is 11.3 Å². The normalized spacial score (nSPS) is 19.2. The van der Waals surface area contributed by atoms with Crippen molar-refractivity contribution in [2.75, 3.05) is 32.1 Å². The van der Waals surface area contributed by atoms with E-state index in [9.17, 15) is 4.79 Å². The van der Waals surface area contributed by atoms with Gasteiger partial charge in [0.1, 0.15) is 5.65 Å². The van der Waals surface area contributed by atoms with Crippen molar-refractivity contribution in [2.24, 2.45) is 0 Å². The third-order valence-corrected chi connectivity index (χ3v) is 6.09. The van der Waals surface area contributed by atoms with E-state index < -0.39 is 0 Å². The average molecular weight is 426 g/mol. The number of fused-ring (bicyclic) bond motifs is 1. The highest BCUT2D eigenvalue weighted by Crippen LogP contribution is 2.42. The third kappa shape index (κ3) is 3.69. The van der Waals surface area contributed by atoms with Crippen molar-refractivity contribution in [3.63, 3.8) is 0 Å². The summed E-state index contributed by atoms with van der Waals surface area (Å²) in [4.78, 5) is 22.5. The van der Waals surface area contributed by atoms with Crippen LogP contribution in [0, 0.1) is 0 Å². The van der Waals surface area contributed by atoms with E-state index in [0.717, 1.165) is 17.5 Å². The topological polar surface area (TPSA) is 81.1 Å². The van der Waals surface area contributed by atoms with Crippen LogP contribution in [-0.4, -0.2) is 47.4 Å². The molecule has 30 heavy (non-hydrogen) atoms. The van der Waals surface area contributed by atoms with Crippen molar-refractivity contribution in [2.45, 2.75) is 31.4 Å². The van der Waals surface area contributed by atoms with Gasteiger partial charge in [0.15, 0.2) is 0 Å². The van der Waals surface area contributed by atoms with Gasteiger partial charge in [-0.2, -0.15) is 4.98 Å². The van der Waals surface area contributed by atoms with Crippen molar-refractivity contribution in [3.8, 4) is 11.1 Å². The Kier molecular flexibility index (Phi) is 5.18. The van der Waals surface area contributed by atoms with Crippen LogP contribution in [0.4, 0.5) is 5.95 Å². The Labute approximate surface area is 179 Å². The summed E-state index contributed by atoms with van der Waals surface area (Å²) in [6.07, 6.45) is 4.05. The van der Waals surface area contributed by atoms with E-state index in [2.05, 4.69) is 26.7 Å². The Balaban J connectivity index is 1.65. The van der Waals surface area contributed by atoms with Crippen LogP contribution in [0.25, 0.3) is 22.2 Å². The fraction of sp³-hybridized carbons (Fsp3) is 0.409. The van der Waals surface area contributed by atoms with Crippen molar-refractivity contribution in [1.82, 2.24) is 19.9 Å². The SMILES string of the molecule is CNc1ncc2cc(-c3ccc(C4CC4)cc3Cl)c(=O)n(C[C@H]3CNCCO3)c2n1. The molecule has 3 aromatic rings. The molecular weight excluding hydrogens is 402 g/mol. The second-order valence-electron chi connectivity index (χ2n) is 7.91. The molecule has 3 heterocycles. The first-order valence-electron chi connectivity index (χ1n) is 10.3. The van der Waals surface area contributed by atoms with Crippen molar-refractivity contribution in [1.29, 1.82) is 0 Å². The zero-order chi connectivity index (χ0) is 20.7. The molecule has 1 saturated carbocycles. The summed E-state index contributed by atoms with van der Waals surface area (Å²) in [5, 5.41) is 7.65. The van der Waals surface area contributed by atoms with Gasteiger partial charge >= 0.3 is 0 Å². The average Bonchev–Trinajstić information content (AvgIpc) is 3.62. The molecule has 1 aliphatic carbocycles. The monoisotopic (exact) mass is 425 g/mol. The van der Waals surface area contributed by atoms with Gasteiger partial charge in [-0.25, -0.2) is 4.98 Å². The molecular formula is C22H24ClN5O2. The molecule has 1 saturated heterocycles. The van der Waals surface area contributed by atoms with Crippen molar-refractivity contribution >= 4 is 28.6 Å². The summed E-state index contributed by atoms with van der Waals surface area (Å²) in [6.45, 7) is 2.55. The summed E-state index contributed by atoms with van der Waals surface area (Å²) < 4.78 is 7.54. The van der Waals surface area contributed by atoms with Gasteiger partial charge in [0.25, 0.3) is 5.56 Å². The van der Waals surface area contributed by atoms with Crippen molar-refractivity contribution < 1.29 is 4.74 Å². The molecule has 0 unspecified atom stereocenters. The summed E-state index contributed by atoms with van der Waals surface area (Å²) in [5.74, 6) is 1.08. The predicted molar refractivity (Wildman–Crippen MR) is 118 cm³/mol. The molecule has 8 heteroatoms. The van der Waals surface area contributed by atoms with Crippen LogP contribution in [0.1, 0.15) is 24.3 Å². The molecule has 0 radical (unpaired) electrons. The molecule has 7 nitrogen and oxygen atoms in total. The molecule has 1 aromatic carbocycles. The van der Waals surface area contributed by atoms with Gasteiger partial charge in [-0.3, -0.25) is 9.36 Å². The number of aromatic nitrogens is 3. The van der Waals surface area contributed by atoms with Crippen LogP contribution in [0.3, 0.4) is 0 Å². The summed E-state index contributed by atoms with van der Waals surface area (Å²) in [7, 11) is 1.76. The Bertz CT molecular complexity index is 1150. The first kappa shape index (κ1) is 19.5. The van der Waals surface area contributed by atoms with E-state index in [1.165, 1.54) is 18.4 Å². The molecule has 1 atom stereocenters. The highest BCUT2D eigenvalue weighted by atomic mass is 35.5. The van der Waals surface area contributed by atoms with Crippen LogP contribution in [0.2, 0.25) is 5.02 Å². The molecule has 0 spiro atoms. The number of pyridine rings is 1. The Morgan fingerprint density at radius 1 is 1.30 bits per heavy atom. The summed E-state index contributed by atoms with van der Waals surface area (Å²) in [5.41, 5.74) is 3.00. The standard InChI is InChI=1S/C22H24ClN5O2/c1-24-22-26-10-15-8-18(17-5-4-14(9-19(17)23)13-2-3-13)21(29)28(20(15)27-22)12-16-11-25-6-7-30-16/h4-5,8-10,13,16,25H,2-3,6-7,11-12H2,1H3,(H,24,26,27)/t16-/m1/s1. The van der Waals surface area contributed by atoms with E-state index >= 15 is 0 Å². The van der Waals surface area contributed by atoms with Crippen LogP contribution in [0.15, 0.2) is 35.3 Å². The minimum Gasteiger partial charge on any atom is -0.374 e. The highest BCUT2D eigenvalue weighted by molar-refractivity contribution is 6.33. The quantitative estimate of drug-likeness (QED) is 0.654. The van der Waals surface area contributed by atoms with E-state index in [4.69, 9.17) is 16.3 Å². The van der Waals surface area contributed by atoms with E-state index in [1.807, 2.05) is 18.2 Å². The van der Waals surface area contributed by atoms with Gasteiger partial charge in [0.05, 0.1) is 19.3 Å². The number of morpholine rings is 1. The molecule has 2 N–H and O–H groups in total. The third-order valence-electron chi connectivity index (χ3n) is 5.77. The van der Waals surface area contributed by atoms with E-state index in [-0.39, 0.29) is 11.7 Å². The van der Waals surface area contributed by atoms with Gasteiger partial charge in [0, 0.05) is 47.9 Å². The molecule has 156 valence electrons. The van der Waals surface area contributed by atoms with Gasteiger partial charge < -0.3 is 15.4 Å². The van der Waals surface area contributed by atoms with Crippen LogP contribution in [0.5, 0.6) is 0 Å². The zero-order valence-electron chi connectivity index (χ0n) is 16.8. The molecule has 1 aliphatic heterocycles. The first-order valence-corrected chi connectivity index (χ1v) is 10.7. The van der Waals surface area contributed by atoms with Gasteiger partial charge in [-0.15, -0.1) is 0 Å². The maximum atomic E-state index is 13.6. The Morgan fingerprint density at radius 2 is 2.17 bits per heavy atom. The van der Waals surface area contributed by atoms with Gasteiger partial charge in [-0.1, -0.05) is 23.7 Å². The second-order valence-corrected chi connectivity index (χ2v) is 8.31. The molecule has 2 aliphatic rings. The van der Waals surface area contributed by atoms with Crippen LogP contribution < -0.4 is 16.2 Å². The lowest BCUT2D eigenvalue weighted by atomic mass is 10.0. The molecule has 2 fully saturated rings. The Hall–Kier alpha value is -2.48. The summed E-state index contributed by atoms with van der Waals surface area (Å²) in [6, 6.07) is 7.88. The largest absolute Gasteiger partial charge is 0.374 e. The summed E-state index contributed by atoms with van der Waals surface area (Å²) >= 11 is 6.63. The number of nitrogens with zero attached hydrogens (tertiary/aromatic N) is 3. The lowest BCUT2D eigenvalue weighted by Gasteiger charge is -2.25. The molecule has 0 amide bonds. The highest BCUT2D eigenvalue weighted by Gasteiger charge is 2.25. The predicted octanol–water partition coefficient (Wildman–Crippen LogP) is 3.02. The molecule has 2 aromatic heterocycles. The number of hydrogen-bond acceptors (Lipinski definition) is 6. The Morgan fingerprint density at radius 3 is 2.87 bits per heavy atom. The lowest BCUT2D eigenvalue weighted by Crippen LogP contribution is -2.42. The van der Waals surface area contributed by atoms with E-state index in [1.54, 1.807) is 17.8 Å². The fourth-order valence-corrected chi connectivity index (χ4v) is 4.29. The number of benzene rings is 1. The van der Waals surface area contributed by atoms with Crippen LogP contribution >= 0.6 is 11.6 Å². The number of nitrogens with one attached hydrogen (secondary N) is 2. The minimum atomic E-state index is -0.126. The van der Waals surface area contributed by atoms with E-state index in [0.29, 0.717) is 47.8 Å². The number of hydrogen-bond donors (Lipinski definition) is 2. The smallest absolute Gasteiger partial charge is 0.260 e. The number of halogens is 1. The fourth-order valence-electron chi connectivity index (χ4n) is 4.00. The maximum absolute atomic E-state index is 13.6. The lowest BCUT2D eigenvalue weighted by molar-refractivity contribution is 0.0183. The van der Waals surface area contributed by atoms with Gasteiger partial charge in [-0.05, 0) is 36.5 Å². The maximum Gasteiger partial charge on any atom is 0.260 e. The van der Waals surface area contributed by atoms with Gasteiger partial charge in [0.2, 0.25) is 5.95 Å². The first-order chi connectivity index (χ1) is 14.6. The number of anilines is 1. The molecule has 5 rings (SSSR count). The zero-order valence-corrected chi connectivity index (χ0v) is 17.6. The number of rotatable bonds is 5. The second kappa shape index (κ2) is 7.98.